The van der Waals surface area contributed by atoms with E-state index in [1.54, 1.807) is 19.5 Å². The predicted octanol–water partition coefficient (Wildman–Crippen LogP) is 2.91. The highest BCUT2D eigenvalue weighted by Gasteiger charge is 2.06. The molecule has 0 saturated heterocycles. The van der Waals surface area contributed by atoms with Gasteiger partial charge in [0.05, 0.1) is 11.6 Å². The quantitative estimate of drug-likeness (QED) is 0.874. The first kappa shape index (κ1) is 13.0. The molecule has 0 aromatic carbocycles. The summed E-state index contributed by atoms with van der Waals surface area (Å²) in [5.41, 5.74) is 0.932. The summed E-state index contributed by atoms with van der Waals surface area (Å²) in [5, 5.41) is 3.34. The number of rotatable bonds is 4. The van der Waals surface area contributed by atoms with Crippen LogP contribution in [-0.2, 0) is 6.54 Å². The number of aromatic nitrogens is 3. The van der Waals surface area contributed by atoms with Gasteiger partial charge in [-0.1, -0.05) is 6.07 Å². The van der Waals surface area contributed by atoms with E-state index in [1.165, 1.54) is 0 Å². The van der Waals surface area contributed by atoms with Gasteiger partial charge in [-0.05, 0) is 33.6 Å². The number of anilines is 1. The third kappa shape index (κ3) is 3.08. The predicted molar refractivity (Wildman–Crippen MR) is 72.9 cm³/mol. The van der Waals surface area contributed by atoms with Crippen LogP contribution >= 0.6 is 27.5 Å². The van der Waals surface area contributed by atoms with Gasteiger partial charge in [0.15, 0.2) is 0 Å². The summed E-state index contributed by atoms with van der Waals surface area (Å²) in [7, 11) is 1.59. The Balaban J connectivity index is 2.14. The fourth-order valence-electron chi connectivity index (χ4n) is 1.39. The van der Waals surface area contributed by atoms with Gasteiger partial charge in [0.25, 0.3) is 0 Å². The summed E-state index contributed by atoms with van der Waals surface area (Å²) in [6.45, 7) is 0.531. The second-order valence-electron chi connectivity index (χ2n) is 3.36. The molecular weight excluding hydrogens is 320 g/mol. The second-order valence-corrected chi connectivity index (χ2v) is 4.55. The van der Waals surface area contributed by atoms with E-state index in [0.717, 1.165) is 10.0 Å². The van der Waals surface area contributed by atoms with Crippen LogP contribution in [-0.4, -0.2) is 22.1 Å². The second kappa shape index (κ2) is 5.97. The van der Waals surface area contributed by atoms with E-state index in [4.69, 9.17) is 16.3 Å². The number of ether oxygens (including phenoxy) is 1. The molecule has 0 atom stereocenters. The number of pyridine rings is 1. The van der Waals surface area contributed by atoms with E-state index in [2.05, 4.69) is 36.2 Å². The molecule has 0 unspecified atom stereocenters. The van der Waals surface area contributed by atoms with E-state index in [-0.39, 0.29) is 5.28 Å². The van der Waals surface area contributed by atoms with Crippen LogP contribution in [0.4, 0.5) is 5.82 Å². The molecule has 0 fully saturated rings. The largest absolute Gasteiger partial charge is 0.481 e. The Bertz CT molecular complexity index is 552. The van der Waals surface area contributed by atoms with Crippen molar-refractivity contribution < 1.29 is 4.74 Å². The molecule has 2 aromatic heterocycles. The molecule has 0 spiro atoms. The Morgan fingerprint density at radius 3 is 3.06 bits per heavy atom. The van der Waals surface area contributed by atoms with Crippen LogP contribution in [0.3, 0.4) is 0 Å². The average Bonchev–Trinajstić information content (AvgIpc) is 2.40. The average molecular weight is 330 g/mol. The molecule has 0 bridgehead atoms. The zero-order valence-electron chi connectivity index (χ0n) is 9.52. The van der Waals surface area contributed by atoms with E-state index >= 15 is 0 Å². The minimum absolute atomic E-state index is 0.193. The first-order valence-corrected chi connectivity index (χ1v) is 6.27. The van der Waals surface area contributed by atoms with Gasteiger partial charge in [0.1, 0.15) is 5.82 Å². The SMILES string of the molecule is COc1ncccc1CNc1nc(Cl)ncc1Br. The van der Waals surface area contributed by atoms with Crippen molar-refractivity contribution in [2.75, 3.05) is 12.4 Å². The molecule has 5 nitrogen and oxygen atoms in total. The lowest BCUT2D eigenvalue weighted by molar-refractivity contribution is 0.393. The molecule has 0 saturated carbocycles. The van der Waals surface area contributed by atoms with Crippen LogP contribution in [0, 0.1) is 0 Å². The Morgan fingerprint density at radius 1 is 1.44 bits per heavy atom. The van der Waals surface area contributed by atoms with Gasteiger partial charge in [0.2, 0.25) is 11.2 Å². The lowest BCUT2D eigenvalue weighted by Crippen LogP contribution is -2.05. The lowest BCUT2D eigenvalue weighted by atomic mass is 10.2. The van der Waals surface area contributed by atoms with Crippen LogP contribution in [0.1, 0.15) is 5.56 Å². The fourth-order valence-corrected chi connectivity index (χ4v) is 1.86. The third-order valence-electron chi connectivity index (χ3n) is 2.20. The van der Waals surface area contributed by atoms with Crippen molar-refractivity contribution in [3.8, 4) is 5.88 Å². The van der Waals surface area contributed by atoms with Crippen LogP contribution in [0.2, 0.25) is 5.28 Å². The molecule has 18 heavy (non-hydrogen) atoms. The first-order valence-electron chi connectivity index (χ1n) is 5.10. The zero-order chi connectivity index (χ0) is 13.0. The van der Waals surface area contributed by atoms with Gasteiger partial charge in [-0.15, -0.1) is 0 Å². The van der Waals surface area contributed by atoms with Gasteiger partial charge in [-0.25, -0.2) is 9.97 Å². The summed E-state index contributed by atoms with van der Waals surface area (Å²) in [6, 6.07) is 3.77. The molecule has 0 aliphatic carbocycles. The summed E-state index contributed by atoms with van der Waals surface area (Å²) in [6.07, 6.45) is 3.28. The molecule has 0 radical (unpaired) electrons. The van der Waals surface area contributed by atoms with Gasteiger partial charge in [0, 0.05) is 24.5 Å². The van der Waals surface area contributed by atoms with Crippen LogP contribution < -0.4 is 10.1 Å². The Kier molecular flexibility index (Phi) is 4.33. The maximum Gasteiger partial charge on any atom is 0.224 e. The van der Waals surface area contributed by atoms with Crippen LogP contribution in [0.25, 0.3) is 0 Å². The molecule has 0 aliphatic heterocycles. The molecule has 0 aliphatic rings. The molecule has 2 rings (SSSR count). The van der Waals surface area contributed by atoms with Crippen molar-refractivity contribution in [1.82, 2.24) is 15.0 Å². The highest BCUT2D eigenvalue weighted by Crippen LogP contribution is 2.22. The summed E-state index contributed by atoms with van der Waals surface area (Å²) < 4.78 is 5.91. The Labute approximate surface area is 118 Å². The Morgan fingerprint density at radius 2 is 2.28 bits per heavy atom. The highest BCUT2D eigenvalue weighted by molar-refractivity contribution is 9.10. The number of halogens is 2. The molecule has 94 valence electrons. The van der Waals surface area contributed by atoms with Crippen molar-refractivity contribution in [1.29, 1.82) is 0 Å². The maximum atomic E-state index is 5.74. The maximum absolute atomic E-state index is 5.74. The number of nitrogens with one attached hydrogen (secondary N) is 1. The van der Waals surface area contributed by atoms with Crippen molar-refractivity contribution in [3.05, 3.63) is 39.8 Å². The third-order valence-corrected chi connectivity index (χ3v) is 2.97. The molecule has 2 heterocycles. The van der Waals surface area contributed by atoms with Crippen LogP contribution in [0.15, 0.2) is 29.0 Å². The molecule has 7 heteroatoms. The summed E-state index contributed by atoms with van der Waals surface area (Å²) >= 11 is 9.08. The zero-order valence-corrected chi connectivity index (χ0v) is 11.9. The number of hydrogen-bond donors (Lipinski definition) is 1. The van der Waals surface area contributed by atoms with Gasteiger partial charge >= 0.3 is 0 Å². The molecule has 0 amide bonds. The minimum Gasteiger partial charge on any atom is -0.481 e. The minimum atomic E-state index is 0.193. The Hall–Kier alpha value is -1.40. The molecular formula is C11H10BrClN4O. The van der Waals surface area contributed by atoms with E-state index in [0.29, 0.717) is 18.2 Å². The van der Waals surface area contributed by atoms with Crippen molar-refractivity contribution in [2.24, 2.45) is 0 Å². The van der Waals surface area contributed by atoms with Crippen molar-refractivity contribution in [2.45, 2.75) is 6.54 Å². The number of nitrogens with zero attached hydrogens (tertiary/aromatic N) is 3. The fraction of sp³-hybridized carbons (Fsp3) is 0.182. The smallest absolute Gasteiger partial charge is 0.224 e. The van der Waals surface area contributed by atoms with E-state index in [1.807, 2.05) is 12.1 Å². The van der Waals surface area contributed by atoms with E-state index in [9.17, 15) is 0 Å². The normalized spacial score (nSPS) is 10.2. The van der Waals surface area contributed by atoms with Gasteiger partial charge < -0.3 is 10.1 Å². The first-order chi connectivity index (χ1) is 8.70. The summed E-state index contributed by atoms with van der Waals surface area (Å²) in [4.78, 5) is 12.1. The lowest BCUT2D eigenvalue weighted by Gasteiger charge is -2.09. The highest BCUT2D eigenvalue weighted by atomic mass is 79.9. The summed E-state index contributed by atoms with van der Waals surface area (Å²) in [5.74, 6) is 1.21. The number of hydrogen-bond acceptors (Lipinski definition) is 5. The standard InChI is InChI=1S/C11H10BrClN4O/c1-18-10-7(3-2-4-14-10)5-15-9-8(12)6-16-11(13)17-9/h2-4,6H,5H2,1H3,(H,15,16,17). The monoisotopic (exact) mass is 328 g/mol. The van der Waals surface area contributed by atoms with E-state index < -0.39 is 0 Å². The van der Waals surface area contributed by atoms with Crippen molar-refractivity contribution >= 4 is 33.3 Å². The van der Waals surface area contributed by atoms with Gasteiger partial charge in [-0.2, -0.15) is 4.98 Å². The van der Waals surface area contributed by atoms with Crippen LogP contribution in [0.5, 0.6) is 5.88 Å². The van der Waals surface area contributed by atoms with Crippen molar-refractivity contribution in [3.63, 3.8) is 0 Å². The van der Waals surface area contributed by atoms with Gasteiger partial charge in [-0.3, -0.25) is 0 Å². The molecule has 2 aromatic rings. The molecule has 1 N–H and O–H groups in total. The number of methoxy groups -OCH3 is 1. The topological polar surface area (TPSA) is 59.9 Å².